The molecule has 44 valence electrons. The normalized spacial score (nSPS) is 8.33. The zero-order valence-corrected chi connectivity index (χ0v) is 5.40. The fourth-order valence-corrected chi connectivity index (χ4v) is 0.676. The Balaban J connectivity index is 3.38. The fraction of sp³-hybridized carbons (Fsp3) is 0. The lowest BCUT2D eigenvalue weighted by Crippen LogP contribution is -1.75. The molecule has 3 heteroatoms. The average Bonchev–Trinajstić information content (AvgIpc) is 1.89. The molecule has 0 aliphatic rings. The van der Waals surface area contributed by atoms with Crippen LogP contribution in [0.15, 0.2) is 18.5 Å². The van der Waals surface area contributed by atoms with E-state index in [0.717, 1.165) is 0 Å². The summed E-state index contributed by atoms with van der Waals surface area (Å²) in [5.74, 6) is 0. The summed E-state index contributed by atoms with van der Waals surface area (Å²) in [5, 5.41) is 8.38. The minimum absolute atomic E-state index is 0.521. The highest BCUT2D eigenvalue weighted by molar-refractivity contribution is 7.71. The smallest absolute Gasteiger partial charge is 0.102 e. The maximum atomic E-state index is 8.38. The Morgan fingerprint density at radius 2 is 2.44 bits per heavy atom. The first kappa shape index (κ1) is 5.99. The molecule has 0 bridgehead atoms. The molecule has 0 spiro atoms. The largest absolute Gasteiger partial charge is 0.366 e. The van der Waals surface area contributed by atoms with E-state index in [2.05, 4.69) is 4.98 Å². The third kappa shape index (κ3) is 1.15. The highest BCUT2D eigenvalue weighted by Gasteiger charge is 1.86. The minimum Gasteiger partial charge on any atom is -0.366 e. The van der Waals surface area contributed by atoms with Crippen molar-refractivity contribution in [1.82, 2.24) is 4.98 Å². The van der Waals surface area contributed by atoms with E-state index < -0.39 is 0 Å². The second kappa shape index (κ2) is 2.42. The molecular formula is C6H4N2S. The first-order chi connectivity index (χ1) is 4.34. The number of hydrogen-bond donors (Lipinski definition) is 1. The maximum Gasteiger partial charge on any atom is 0.102 e. The monoisotopic (exact) mass is 136 g/mol. The zero-order chi connectivity index (χ0) is 6.69. The van der Waals surface area contributed by atoms with Crippen LogP contribution < -0.4 is 0 Å². The highest BCUT2D eigenvalue weighted by Crippen LogP contribution is 1.95. The van der Waals surface area contributed by atoms with Gasteiger partial charge in [0.1, 0.15) is 6.07 Å². The molecule has 0 fully saturated rings. The first-order valence-corrected chi connectivity index (χ1v) is 2.82. The van der Waals surface area contributed by atoms with Gasteiger partial charge in [0.2, 0.25) is 0 Å². The molecule has 0 saturated heterocycles. The van der Waals surface area contributed by atoms with Gasteiger partial charge in [-0.15, -0.1) is 0 Å². The molecule has 1 rings (SSSR count). The Morgan fingerprint density at radius 3 is 2.89 bits per heavy atom. The summed E-state index contributed by atoms with van der Waals surface area (Å²) in [5.41, 5.74) is 0.521. The third-order valence-electron chi connectivity index (χ3n) is 0.945. The van der Waals surface area contributed by atoms with Gasteiger partial charge in [-0.3, -0.25) is 0 Å². The summed E-state index contributed by atoms with van der Waals surface area (Å²) in [6.45, 7) is 0. The Morgan fingerprint density at radius 1 is 1.67 bits per heavy atom. The van der Waals surface area contributed by atoms with Crippen molar-refractivity contribution in [3.05, 3.63) is 28.5 Å². The Hall–Kier alpha value is -1.14. The number of rotatable bonds is 0. The van der Waals surface area contributed by atoms with Gasteiger partial charge in [-0.25, -0.2) is 0 Å². The number of nitrogens with one attached hydrogen (secondary N) is 1. The molecule has 1 aromatic rings. The van der Waals surface area contributed by atoms with Crippen molar-refractivity contribution >= 4 is 12.2 Å². The molecule has 9 heavy (non-hydrogen) atoms. The van der Waals surface area contributed by atoms with E-state index in [4.69, 9.17) is 17.5 Å². The average molecular weight is 136 g/mol. The molecule has 1 aromatic heterocycles. The summed E-state index contributed by atoms with van der Waals surface area (Å²) in [4.78, 5) is 2.76. The zero-order valence-electron chi connectivity index (χ0n) is 4.59. The van der Waals surface area contributed by atoms with Gasteiger partial charge >= 0.3 is 0 Å². The molecule has 0 aliphatic heterocycles. The van der Waals surface area contributed by atoms with Crippen LogP contribution >= 0.6 is 12.2 Å². The molecule has 0 aromatic carbocycles. The molecular weight excluding hydrogens is 132 g/mol. The standard InChI is InChI=1S/C6H4N2S/c7-3-5-4-8-2-1-6(5)9/h1-2,4H,(H,8,9). The van der Waals surface area contributed by atoms with Crippen LogP contribution in [0.2, 0.25) is 0 Å². The van der Waals surface area contributed by atoms with Crippen LogP contribution in [-0.4, -0.2) is 4.98 Å². The van der Waals surface area contributed by atoms with Gasteiger partial charge in [0.05, 0.1) is 10.1 Å². The Bertz CT molecular complexity index is 294. The quantitative estimate of drug-likeness (QED) is 0.550. The van der Waals surface area contributed by atoms with Crippen LogP contribution in [0.1, 0.15) is 5.56 Å². The molecule has 0 radical (unpaired) electrons. The van der Waals surface area contributed by atoms with Gasteiger partial charge in [0, 0.05) is 12.4 Å². The molecule has 0 aliphatic carbocycles. The topological polar surface area (TPSA) is 39.6 Å². The lowest BCUT2D eigenvalue weighted by Gasteiger charge is -1.84. The molecule has 0 saturated carbocycles. The second-order valence-electron chi connectivity index (χ2n) is 1.53. The third-order valence-corrected chi connectivity index (χ3v) is 1.30. The number of aromatic amines is 1. The Kier molecular flexibility index (Phi) is 1.61. The van der Waals surface area contributed by atoms with E-state index in [1.165, 1.54) is 0 Å². The lowest BCUT2D eigenvalue weighted by molar-refractivity contribution is 1.29. The number of aromatic nitrogens is 1. The van der Waals surface area contributed by atoms with E-state index in [-0.39, 0.29) is 0 Å². The Labute approximate surface area is 57.8 Å². The second-order valence-corrected chi connectivity index (χ2v) is 1.97. The van der Waals surface area contributed by atoms with Gasteiger partial charge in [-0.05, 0) is 6.07 Å². The van der Waals surface area contributed by atoms with E-state index >= 15 is 0 Å². The summed E-state index contributed by atoms with van der Waals surface area (Å²) < 4.78 is 0.594. The minimum atomic E-state index is 0.521. The molecule has 2 nitrogen and oxygen atoms in total. The van der Waals surface area contributed by atoms with Gasteiger partial charge in [-0.1, -0.05) is 12.2 Å². The summed E-state index contributed by atoms with van der Waals surface area (Å²) in [6.07, 6.45) is 3.28. The van der Waals surface area contributed by atoms with Crippen LogP contribution in [0.5, 0.6) is 0 Å². The van der Waals surface area contributed by atoms with Gasteiger partial charge < -0.3 is 4.98 Å². The summed E-state index contributed by atoms with van der Waals surface area (Å²) >= 11 is 4.81. The maximum absolute atomic E-state index is 8.38. The predicted molar refractivity (Wildman–Crippen MR) is 36.3 cm³/mol. The number of hydrogen-bond acceptors (Lipinski definition) is 2. The van der Waals surface area contributed by atoms with Crippen molar-refractivity contribution in [3.8, 4) is 6.07 Å². The van der Waals surface area contributed by atoms with E-state index in [1.54, 1.807) is 18.5 Å². The predicted octanol–water partition coefficient (Wildman–Crippen LogP) is 1.62. The van der Waals surface area contributed by atoms with Crippen LogP contribution in [-0.2, 0) is 0 Å². The molecule has 1 heterocycles. The van der Waals surface area contributed by atoms with Crippen molar-refractivity contribution in [1.29, 1.82) is 5.26 Å². The van der Waals surface area contributed by atoms with E-state index in [1.807, 2.05) is 6.07 Å². The summed E-state index contributed by atoms with van der Waals surface area (Å²) in [7, 11) is 0. The van der Waals surface area contributed by atoms with Crippen molar-refractivity contribution < 1.29 is 0 Å². The van der Waals surface area contributed by atoms with Crippen LogP contribution in [0, 0.1) is 15.8 Å². The first-order valence-electron chi connectivity index (χ1n) is 2.42. The summed E-state index contributed by atoms with van der Waals surface area (Å²) in [6, 6.07) is 3.65. The van der Waals surface area contributed by atoms with Crippen molar-refractivity contribution in [2.45, 2.75) is 0 Å². The van der Waals surface area contributed by atoms with Crippen LogP contribution in [0.3, 0.4) is 0 Å². The van der Waals surface area contributed by atoms with Crippen molar-refractivity contribution in [2.75, 3.05) is 0 Å². The molecule has 1 N–H and O–H groups in total. The highest BCUT2D eigenvalue weighted by atomic mass is 32.1. The lowest BCUT2D eigenvalue weighted by atomic mass is 10.3. The van der Waals surface area contributed by atoms with Crippen LogP contribution in [0.4, 0.5) is 0 Å². The fourth-order valence-electron chi connectivity index (χ4n) is 0.504. The van der Waals surface area contributed by atoms with Gasteiger partial charge in [0.15, 0.2) is 0 Å². The van der Waals surface area contributed by atoms with Crippen LogP contribution in [0.25, 0.3) is 0 Å². The molecule has 0 amide bonds. The van der Waals surface area contributed by atoms with Gasteiger partial charge in [-0.2, -0.15) is 5.26 Å². The van der Waals surface area contributed by atoms with E-state index in [9.17, 15) is 0 Å². The van der Waals surface area contributed by atoms with E-state index in [0.29, 0.717) is 10.1 Å². The molecule has 0 unspecified atom stereocenters. The molecule has 0 atom stereocenters. The number of pyridine rings is 1. The SMILES string of the molecule is N#Cc1c[nH]ccc1=S. The van der Waals surface area contributed by atoms with Crippen molar-refractivity contribution in [3.63, 3.8) is 0 Å². The number of H-pyrrole nitrogens is 1. The van der Waals surface area contributed by atoms with Gasteiger partial charge in [0.25, 0.3) is 0 Å². The number of nitriles is 1. The number of nitrogens with zero attached hydrogens (tertiary/aromatic N) is 1. The van der Waals surface area contributed by atoms with Crippen molar-refractivity contribution in [2.24, 2.45) is 0 Å².